The fraction of sp³-hybridized carbons (Fsp3) is 0.543. The number of carbonyl (C=O) groups is 17. The van der Waals surface area contributed by atoms with Gasteiger partial charge in [-0.1, -0.05) is 176 Å². The first-order chi connectivity index (χ1) is 63.9. The molecule has 0 spiro atoms. The second kappa shape index (κ2) is 59.1. The first-order valence-corrected chi connectivity index (χ1v) is 46.1. The standard InChI is InChI=1S/C94H141N21O19/c1-8-55(5)79(93(132)108-68(40-20-24-46-98)86(125)115-80(94(133)134)56(6)9-2)114-92(131)75(53-116)104-78(119)52-102-83(122)66(38-18-22-44-96)106-89(128)72(49-61-33-25-31-59-29-13-15-35-63(59)61)111-85(124)67(39-19-23-45-97)105-81(120)57(7)103-84(123)69(41-42-76(100)117)107-90(129)73(50-62-34-26-32-60-30-14-16-36-64(60)62)112-91(130)74(51-77(101)118)113-88(127)71(48-58-27-11-10-12-28-58)110-87(126)70(47-54(3)4)109-82(121)65(99)37-17-21-43-95/h10-16,25-36,54-57,65-75,79-80,116H,8-9,17-24,37-53,95-99H2,1-7H3,(H2,100,117)(H2,101,118)(H,102,122)(H,103,123)(H,104,119)(H,105,120)(H,106,128)(H,107,129)(H,108,132)(H,109,121)(H,110,126)(H,111,124)(H,112,130)(H,113,127)(H,114,131)(H,115,125)(H,133,134)/t55-,56?,57-,65+,66-,67-,68+,69-,70+,71-,72-,73-,74-,75-,79-,80+/m0/s1. The van der Waals surface area contributed by atoms with Crippen molar-refractivity contribution in [2.45, 2.75) is 268 Å². The lowest BCUT2D eigenvalue weighted by Gasteiger charge is -2.29. The second-order valence-corrected chi connectivity index (χ2v) is 34.3. The molecular formula is C94H141N21O19. The maximum Gasteiger partial charge on any atom is 0.326 e. The number of unbranched alkanes of at least 4 members (excludes halogenated alkanes) is 4. The molecule has 134 heavy (non-hydrogen) atoms. The van der Waals surface area contributed by atoms with Gasteiger partial charge in [0.25, 0.3) is 0 Å². The smallest absolute Gasteiger partial charge is 0.326 e. The molecule has 0 bridgehead atoms. The van der Waals surface area contributed by atoms with Gasteiger partial charge in [-0.25, -0.2) is 4.79 Å². The van der Waals surface area contributed by atoms with Crippen LogP contribution in [0, 0.1) is 17.8 Å². The Bertz CT molecular complexity index is 4730. The number of fused-ring (bicyclic) bond motifs is 2. The Morgan fingerprint density at radius 1 is 0.343 bits per heavy atom. The molecule has 5 rings (SSSR count). The Morgan fingerprint density at radius 3 is 1.19 bits per heavy atom. The van der Waals surface area contributed by atoms with Crippen LogP contribution in [0.25, 0.3) is 21.5 Å². The minimum absolute atomic E-state index is 0.0629. The molecule has 30 N–H and O–H groups in total. The second-order valence-electron chi connectivity index (χ2n) is 34.3. The molecule has 0 saturated carbocycles. The summed E-state index contributed by atoms with van der Waals surface area (Å²) in [5.74, 6) is -17.5. The molecule has 5 aromatic rings. The third-order valence-electron chi connectivity index (χ3n) is 23.1. The number of aliphatic carboxylic acids is 1. The van der Waals surface area contributed by atoms with Crippen molar-refractivity contribution >= 4 is 122 Å². The Kier molecular flexibility index (Phi) is 49.3. The van der Waals surface area contributed by atoms with Crippen LogP contribution in [0.1, 0.15) is 181 Å². The minimum Gasteiger partial charge on any atom is -0.480 e. The third-order valence-corrected chi connectivity index (χ3v) is 23.1. The summed E-state index contributed by atoms with van der Waals surface area (Å²) in [7, 11) is 0. The normalized spacial score (nSPS) is 14.9. The molecule has 40 nitrogen and oxygen atoms in total. The first-order valence-electron chi connectivity index (χ1n) is 46.1. The van der Waals surface area contributed by atoms with Crippen LogP contribution in [0.15, 0.2) is 115 Å². The van der Waals surface area contributed by atoms with E-state index in [0.717, 1.165) is 10.8 Å². The lowest BCUT2D eigenvalue weighted by molar-refractivity contribution is -0.144. The van der Waals surface area contributed by atoms with Gasteiger partial charge >= 0.3 is 5.97 Å². The SMILES string of the molecule is CCC(C)[C@@H](NC(=O)[C@@H](CCCCN)NC(=O)[C@@H](NC(=O)[C@H](CO)NC(=O)CNC(=O)[C@H](CCCCN)NC(=O)[C@H](Cc1cccc2ccccc12)NC(=O)[C@H](CCCCN)NC(=O)[C@H](C)NC(=O)[C@H](CCC(N)=O)NC(=O)[C@H](Cc1cccc2ccccc12)NC(=O)[C@H](CC(N)=O)NC(=O)[C@H](Cc1ccccc1)NC(=O)[C@@H](CC(C)C)NC(=O)[C@H](N)CCCCN)[C@@H](C)CC)C(=O)O. The van der Waals surface area contributed by atoms with Gasteiger partial charge in [-0.2, -0.15) is 0 Å². The van der Waals surface area contributed by atoms with E-state index in [1.54, 1.807) is 131 Å². The summed E-state index contributed by atoms with van der Waals surface area (Å²) >= 11 is 0. The fourth-order valence-corrected chi connectivity index (χ4v) is 14.9. The zero-order chi connectivity index (χ0) is 99.1. The monoisotopic (exact) mass is 1870 g/mol. The van der Waals surface area contributed by atoms with Crippen molar-refractivity contribution in [1.82, 2.24) is 74.4 Å². The van der Waals surface area contributed by atoms with Crippen molar-refractivity contribution in [2.24, 2.45) is 57.9 Å². The number of amides is 16. The molecule has 16 atom stereocenters. The van der Waals surface area contributed by atoms with Crippen molar-refractivity contribution in [3.05, 3.63) is 132 Å². The van der Waals surface area contributed by atoms with E-state index in [9.17, 15) is 77.3 Å². The number of nitrogens with one attached hydrogen (secondary N) is 14. The van der Waals surface area contributed by atoms with E-state index in [2.05, 4.69) is 74.4 Å². The number of aliphatic hydroxyl groups is 1. The van der Waals surface area contributed by atoms with Crippen LogP contribution in [-0.2, 0) is 101 Å². The van der Waals surface area contributed by atoms with Crippen LogP contribution in [0.4, 0.5) is 0 Å². The van der Waals surface area contributed by atoms with Gasteiger partial charge in [-0.3, -0.25) is 76.7 Å². The molecule has 16 amide bonds. The van der Waals surface area contributed by atoms with Gasteiger partial charge in [0.1, 0.15) is 78.5 Å². The zero-order valence-electron chi connectivity index (χ0n) is 77.8. The Labute approximate surface area is 781 Å². The average Bonchev–Trinajstić information content (AvgIpc) is 0.801. The van der Waals surface area contributed by atoms with Crippen LogP contribution in [0.2, 0.25) is 0 Å². The quantitative estimate of drug-likeness (QED) is 0.0200. The number of carboxylic acids is 1. The maximum absolute atomic E-state index is 15.2. The predicted molar refractivity (Wildman–Crippen MR) is 504 cm³/mol. The molecule has 0 heterocycles. The Hall–Kier alpha value is -12.6. The molecule has 736 valence electrons. The van der Waals surface area contributed by atoms with E-state index in [-0.39, 0.29) is 89.8 Å². The lowest BCUT2D eigenvalue weighted by atomic mass is 9.96. The van der Waals surface area contributed by atoms with E-state index < -0.39 is 229 Å². The minimum atomic E-state index is -1.85. The topological polar surface area (TPSA) is 681 Å². The molecule has 0 fully saturated rings. The number of aliphatic hydroxyl groups excluding tert-OH is 1. The van der Waals surface area contributed by atoms with Crippen LogP contribution >= 0.6 is 0 Å². The highest BCUT2D eigenvalue weighted by molar-refractivity contribution is 6.02. The van der Waals surface area contributed by atoms with Crippen molar-refractivity contribution < 1.29 is 91.7 Å². The number of benzene rings is 5. The van der Waals surface area contributed by atoms with Crippen LogP contribution in [-0.4, -0.2) is 235 Å². The molecule has 0 saturated heterocycles. The number of carbonyl (C=O) groups excluding carboxylic acids is 16. The molecule has 0 aliphatic carbocycles. The van der Waals surface area contributed by atoms with E-state index in [0.29, 0.717) is 85.4 Å². The Balaban J connectivity index is 1.41. The van der Waals surface area contributed by atoms with Crippen molar-refractivity contribution in [3.63, 3.8) is 0 Å². The number of carboxylic acid groups (broad SMARTS) is 1. The zero-order valence-corrected chi connectivity index (χ0v) is 77.8. The van der Waals surface area contributed by atoms with E-state index >= 15 is 14.4 Å². The summed E-state index contributed by atoms with van der Waals surface area (Å²) in [5.41, 5.74) is 42.4. The Morgan fingerprint density at radius 2 is 0.716 bits per heavy atom. The highest BCUT2D eigenvalue weighted by Crippen LogP contribution is 2.24. The van der Waals surface area contributed by atoms with Gasteiger partial charge in [0.15, 0.2) is 0 Å². The number of primary amides is 2. The summed E-state index contributed by atoms with van der Waals surface area (Å²) in [4.78, 5) is 240. The van der Waals surface area contributed by atoms with Gasteiger partial charge < -0.3 is 125 Å². The van der Waals surface area contributed by atoms with E-state index in [1.165, 1.54) is 6.92 Å². The van der Waals surface area contributed by atoms with Gasteiger partial charge in [-0.05, 0) is 173 Å². The fourth-order valence-electron chi connectivity index (χ4n) is 14.9. The number of rotatable bonds is 63. The summed E-state index contributed by atoms with van der Waals surface area (Å²) in [6, 6.07) is 12.6. The molecule has 5 aromatic carbocycles. The largest absolute Gasteiger partial charge is 0.480 e. The molecule has 0 radical (unpaired) electrons. The number of hydrogen-bond acceptors (Lipinski definition) is 23. The van der Waals surface area contributed by atoms with Crippen LogP contribution in [0.5, 0.6) is 0 Å². The third kappa shape index (κ3) is 38.2. The molecular weight excluding hydrogens is 1730 g/mol. The summed E-state index contributed by atoms with van der Waals surface area (Å²) < 4.78 is 0. The summed E-state index contributed by atoms with van der Waals surface area (Å²) in [5, 5.41) is 59.6. The van der Waals surface area contributed by atoms with Gasteiger partial charge in [0.05, 0.1) is 25.6 Å². The maximum atomic E-state index is 15.2. The van der Waals surface area contributed by atoms with E-state index in [4.69, 9.17) is 40.1 Å². The molecule has 40 heteroatoms. The predicted octanol–water partition coefficient (Wildman–Crippen LogP) is -1.34. The molecule has 0 aromatic heterocycles. The van der Waals surface area contributed by atoms with Crippen LogP contribution in [0.3, 0.4) is 0 Å². The number of hydrogen-bond donors (Lipinski definition) is 23. The molecule has 1 unspecified atom stereocenters. The van der Waals surface area contributed by atoms with E-state index in [1.807, 2.05) is 26.0 Å². The van der Waals surface area contributed by atoms with Gasteiger partial charge in [-0.15, -0.1) is 0 Å². The highest BCUT2D eigenvalue weighted by Gasteiger charge is 2.40. The van der Waals surface area contributed by atoms with Gasteiger partial charge in [0.2, 0.25) is 94.5 Å². The first kappa shape index (κ1) is 112. The van der Waals surface area contributed by atoms with Crippen molar-refractivity contribution in [1.29, 1.82) is 0 Å². The molecule has 0 aliphatic rings. The highest BCUT2D eigenvalue weighted by atomic mass is 16.4. The number of nitrogens with two attached hydrogens (primary N) is 7. The van der Waals surface area contributed by atoms with Crippen LogP contribution < -0.4 is 115 Å². The molecule has 0 aliphatic heterocycles. The van der Waals surface area contributed by atoms with Gasteiger partial charge in [0, 0.05) is 25.7 Å². The lowest BCUT2D eigenvalue weighted by Crippen LogP contribution is -2.61. The summed E-state index contributed by atoms with van der Waals surface area (Å²) in [6.45, 7) is 10.8. The van der Waals surface area contributed by atoms with Crippen molar-refractivity contribution in [2.75, 3.05) is 39.3 Å². The average molecular weight is 1870 g/mol. The summed E-state index contributed by atoms with van der Waals surface area (Å²) in [6.07, 6.45) is 1.54. The van der Waals surface area contributed by atoms with Crippen molar-refractivity contribution in [3.8, 4) is 0 Å².